The number of esters is 1. The van der Waals surface area contributed by atoms with Crippen LogP contribution in [0.3, 0.4) is 0 Å². The molecule has 0 radical (unpaired) electrons. The molecule has 3 nitrogen and oxygen atoms in total. The van der Waals surface area contributed by atoms with Gasteiger partial charge in [-0.25, -0.2) is 0 Å². The van der Waals surface area contributed by atoms with Gasteiger partial charge in [0.05, 0.1) is 5.38 Å². The monoisotopic (exact) mass is 205 g/mol. The molecular formula is C9H16ClNO2. The molecule has 0 aromatic carbocycles. The molecular weight excluding hydrogens is 190 g/mol. The molecule has 13 heavy (non-hydrogen) atoms. The van der Waals surface area contributed by atoms with Gasteiger partial charge in [-0.2, -0.15) is 0 Å². The zero-order valence-corrected chi connectivity index (χ0v) is 9.02. The summed E-state index contributed by atoms with van der Waals surface area (Å²) < 4.78 is 5.21. The molecule has 76 valence electrons. The van der Waals surface area contributed by atoms with Crippen LogP contribution < -0.4 is 5.32 Å². The van der Waals surface area contributed by atoms with Gasteiger partial charge in [0, 0.05) is 0 Å². The summed E-state index contributed by atoms with van der Waals surface area (Å²) in [5, 5.41) is 2.89. The Kier molecular flexibility index (Phi) is 3.19. The Balaban J connectivity index is 2.48. The summed E-state index contributed by atoms with van der Waals surface area (Å²) in [7, 11) is 0. The number of hydrogen-bond acceptors (Lipinski definition) is 3. The number of halogens is 1. The fourth-order valence-corrected chi connectivity index (χ4v) is 1.57. The molecule has 1 aliphatic rings. The third kappa shape index (κ3) is 3.16. The average Bonchev–Trinajstić information content (AvgIpc) is 2.30. The van der Waals surface area contributed by atoms with Crippen LogP contribution in [0.25, 0.3) is 0 Å². The molecule has 1 aliphatic heterocycles. The Morgan fingerprint density at radius 3 is 2.54 bits per heavy atom. The zero-order valence-electron chi connectivity index (χ0n) is 8.26. The maximum Gasteiger partial charge on any atom is 0.325 e. The van der Waals surface area contributed by atoms with Crippen LogP contribution >= 0.6 is 11.6 Å². The van der Waals surface area contributed by atoms with Crippen LogP contribution in [-0.2, 0) is 9.53 Å². The topological polar surface area (TPSA) is 38.3 Å². The first-order valence-corrected chi connectivity index (χ1v) is 4.94. The first kappa shape index (κ1) is 10.8. The Labute approximate surface area is 83.8 Å². The third-order valence-corrected chi connectivity index (χ3v) is 2.28. The van der Waals surface area contributed by atoms with Gasteiger partial charge in [0.25, 0.3) is 0 Å². The summed E-state index contributed by atoms with van der Waals surface area (Å²) in [6, 6.07) is -0.333. The highest BCUT2D eigenvalue weighted by molar-refractivity contribution is 6.22. The van der Waals surface area contributed by atoms with E-state index in [1.165, 1.54) is 0 Å². The highest BCUT2D eigenvalue weighted by atomic mass is 35.5. The van der Waals surface area contributed by atoms with E-state index >= 15 is 0 Å². The molecule has 4 heteroatoms. The lowest BCUT2D eigenvalue weighted by molar-refractivity contribution is -0.156. The van der Waals surface area contributed by atoms with Crippen LogP contribution in [0.15, 0.2) is 0 Å². The predicted molar refractivity (Wildman–Crippen MR) is 51.9 cm³/mol. The van der Waals surface area contributed by atoms with Crippen LogP contribution in [0.1, 0.15) is 27.2 Å². The van der Waals surface area contributed by atoms with Gasteiger partial charge >= 0.3 is 5.97 Å². The molecule has 0 aromatic rings. The summed E-state index contributed by atoms with van der Waals surface area (Å²) in [5.74, 6) is -0.245. The molecule has 2 unspecified atom stereocenters. The van der Waals surface area contributed by atoms with Crippen molar-refractivity contribution < 1.29 is 9.53 Å². The van der Waals surface area contributed by atoms with Gasteiger partial charge in [0.15, 0.2) is 0 Å². The largest absolute Gasteiger partial charge is 0.459 e. The van der Waals surface area contributed by atoms with E-state index in [1.807, 2.05) is 20.8 Å². The average molecular weight is 206 g/mol. The highest BCUT2D eigenvalue weighted by Gasteiger charge is 2.34. The standard InChI is InChI=1S/C9H16ClNO2/c1-9(2,3)13-8(12)7-6(10)4-5-11-7/h6-7,11H,4-5H2,1-3H3. The third-order valence-electron chi connectivity index (χ3n) is 1.81. The smallest absolute Gasteiger partial charge is 0.325 e. The van der Waals surface area contributed by atoms with Gasteiger partial charge < -0.3 is 10.1 Å². The Morgan fingerprint density at radius 1 is 1.54 bits per heavy atom. The number of hydrogen-bond donors (Lipinski definition) is 1. The van der Waals surface area contributed by atoms with Crippen molar-refractivity contribution in [2.45, 2.75) is 44.2 Å². The van der Waals surface area contributed by atoms with Crippen molar-refractivity contribution in [1.82, 2.24) is 5.32 Å². The van der Waals surface area contributed by atoms with E-state index in [-0.39, 0.29) is 17.4 Å². The van der Waals surface area contributed by atoms with Gasteiger partial charge in [0.2, 0.25) is 0 Å². The minimum absolute atomic E-state index is 0.130. The van der Waals surface area contributed by atoms with Crippen LogP contribution in [0.4, 0.5) is 0 Å². The normalized spacial score (nSPS) is 28.9. The minimum Gasteiger partial charge on any atom is -0.459 e. The molecule has 1 saturated heterocycles. The molecule has 0 aromatic heterocycles. The van der Waals surface area contributed by atoms with Crippen molar-refractivity contribution in [3.8, 4) is 0 Å². The zero-order chi connectivity index (χ0) is 10.1. The maximum atomic E-state index is 11.5. The number of carbonyl (C=O) groups excluding carboxylic acids is 1. The second-order valence-electron chi connectivity index (χ2n) is 4.27. The molecule has 1 heterocycles. The number of rotatable bonds is 1. The van der Waals surface area contributed by atoms with Crippen molar-refractivity contribution >= 4 is 17.6 Å². The van der Waals surface area contributed by atoms with E-state index in [1.54, 1.807) is 0 Å². The molecule has 1 rings (SSSR count). The van der Waals surface area contributed by atoms with Crippen LogP contribution in [0.5, 0.6) is 0 Å². The predicted octanol–water partition coefficient (Wildman–Crippen LogP) is 1.30. The van der Waals surface area contributed by atoms with E-state index in [0.717, 1.165) is 13.0 Å². The lowest BCUT2D eigenvalue weighted by Crippen LogP contribution is -2.41. The van der Waals surface area contributed by atoms with Gasteiger partial charge in [-0.1, -0.05) is 0 Å². The van der Waals surface area contributed by atoms with E-state index in [2.05, 4.69) is 5.32 Å². The van der Waals surface area contributed by atoms with Crippen molar-refractivity contribution in [3.05, 3.63) is 0 Å². The number of alkyl halides is 1. The van der Waals surface area contributed by atoms with Crippen molar-refractivity contribution in [2.75, 3.05) is 6.54 Å². The quantitative estimate of drug-likeness (QED) is 0.518. The van der Waals surface area contributed by atoms with E-state index in [4.69, 9.17) is 16.3 Å². The first-order chi connectivity index (χ1) is 5.90. The molecule has 1 N–H and O–H groups in total. The van der Waals surface area contributed by atoms with Gasteiger partial charge in [-0.15, -0.1) is 11.6 Å². The summed E-state index contributed by atoms with van der Waals surface area (Å²) in [5.41, 5.74) is -0.433. The van der Waals surface area contributed by atoms with Gasteiger partial charge in [-0.3, -0.25) is 4.79 Å². The summed E-state index contributed by atoms with van der Waals surface area (Å²) in [6.07, 6.45) is 0.825. The van der Waals surface area contributed by atoms with Crippen molar-refractivity contribution in [2.24, 2.45) is 0 Å². The van der Waals surface area contributed by atoms with E-state index < -0.39 is 5.60 Å². The number of carbonyl (C=O) groups is 1. The van der Waals surface area contributed by atoms with Gasteiger partial charge in [0.1, 0.15) is 11.6 Å². The van der Waals surface area contributed by atoms with E-state index in [9.17, 15) is 4.79 Å². The van der Waals surface area contributed by atoms with Crippen LogP contribution in [0, 0.1) is 0 Å². The lowest BCUT2D eigenvalue weighted by atomic mass is 10.1. The molecule has 1 fully saturated rings. The maximum absolute atomic E-state index is 11.5. The number of ether oxygens (including phenoxy) is 1. The molecule has 0 bridgehead atoms. The molecule has 2 atom stereocenters. The van der Waals surface area contributed by atoms with Crippen LogP contribution in [-0.4, -0.2) is 29.5 Å². The SMILES string of the molecule is CC(C)(C)OC(=O)C1NCCC1Cl. The lowest BCUT2D eigenvalue weighted by Gasteiger charge is -2.23. The fraction of sp³-hybridized carbons (Fsp3) is 0.889. The Morgan fingerprint density at radius 2 is 2.15 bits per heavy atom. The fourth-order valence-electron chi connectivity index (χ4n) is 1.27. The molecule has 0 saturated carbocycles. The minimum atomic E-state index is -0.433. The van der Waals surface area contributed by atoms with E-state index in [0.29, 0.717) is 0 Å². The summed E-state index contributed by atoms with van der Waals surface area (Å²) in [4.78, 5) is 11.5. The second-order valence-corrected chi connectivity index (χ2v) is 4.83. The highest BCUT2D eigenvalue weighted by Crippen LogP contribution is 2.17. The summed E-state index contributed by atoms with van der Waals surface area (Å²) in [6.45, 7) is 6.34. The van der Waals surface area contributed by atoms with Crippen molar-refractivity contribution in [3.63, 3.8) is 0 Å². The van der Waals surface area contributed by atoms with Crippen LogP contribution in [0.2, 0.25) is 0 Å². The molecule has 0 amide bonds. The second kappa shape index (κ2) is 3.84. The first-order valence-electron chi connectivity index (χ1n) is 4.50. The Bertz CT molecular complexity index is 200. The molecule has 0 aliphatic carbocycles. The summed E-state index contributed by atoms with van der Waals surface area (Å²) >= 11 is 5.94. The number of nitrogens with one attached hydrogen (secondary N) is 1. The van der Waals surface area contributed by atoms with Crippen molar-refractivity contribution in [1.29, 1.82) is 0 Å². The Hall–Kier alpha value is -0.280. The molecule has 0 spiro atoms. The van der Waals surface area contributed by atoms with Gasteiger partial charge in [-0.05, 0) is 33.7 Å².